The summed E-state index contributed by atoms with van der Waals surface area (Å²) in [4.78, 5) is 15.9. The lowest BCUT2D eigenvalue weighted by Crippen LogP contribution is -2.49. The third-order valence-corrected chi connectivity index (χ3v) is 5.07. The molecule has 1 aromatic heterocycles. The Labute approximate surface area is 147 Å². The summed E-state index contributed by atoms with van der Waals surface area (Å²) >= 11 is 1.67. The number of thiophene rings is 1. The largest absolute Gasteiger partial charge is 0.373 e. The lowest BCUT2D eigenvalue weighted by molar-refractivity contribution is -0.126. The van der Waals surface area contributed by atoms with Gasteiger partial charge in [-0.25, -0.2) is 0 Å². The molecule has 5 heteroatoms. The van der Waals surface area contributed by atoms with Gasteiger partial charge in [0, 0.05) is 18.0 Å². The first-order chi connectivity index (χ1) is 11.6. The predicted molar refractivity (Wildman–Crippen MR) is 97.2 cm³/mol. The minimum absolute atomic E-state index is 0.0542. The molecule has 0 spiro atoms. The highest BCUT2D eigenvalue weighted by Crippen LogP contribution is 2.25. The second-order valence-corrected chi connectivity index (χ2v) is 7.36. The number of carbonyl (C=O) groups is 1. The SMILES string of the molecule is C[C@@H]1CN(CC(=O)N[C@H](c2ccccc2)c2cccs2)C[C@@H](C)O1. The summed E-state index contributed by atoms with van der Waals surface area (Å²) in [5.74, 6) is 0.0542. The van der Waals surface area contributed by atoms with Crippen molar-refractivity contribution in [1.82, 2.24) is 10.2 Å². The summed E-state index contributed by atoms with van der Waals surface area (Å²) in [5.41, 5.74) is 1.11. The number of rotatable bonds is 5. The number of amides is 1. The van der Waals surface area contributed by atoms with Crippen molar-refractivity contribution < 1.29 is 9.53 Å². The van der Waals surface area contributed by atoms with Crippen LogP contribution in [0.3, 0.4) is 0 Å². The molecule has 0 saturated carbocycles. The van der Waals surface area contributed by atoms with Crippen molar-refractivity contribution in [3.8, 4) is 0 Å². The molecular weight excluding hydrogens is 320 g/mol. The Morgan fingerprint density at radius 1 is 1.21 bits per heavy atom. The highest BCUT2D eigenvalue weighted by Gasteiger charge is 2.25. The number of ether oxygens (including phenoxy) is 1. The smallest absolute Gasteiger partial charge is 0.234 e. The number of hydrogen-bond donors (Lipinski definition) is 1. The van der Waals surface area contributed by atoms with Gasteiger partial charge in [-0.2, -0.15) is 0 Å². The van der Waals surface area contributed by atoms with Crippen LogP contribution in [0.5, 0.6) is 0 Å². The molecule has 1 saturated heterocycles. The van der Waals surface area contributed by atoms with E-state index >= 15 is 0 Å². The van der Waals surface area contributed by atoms with Gasteiger partial charge < -0.3 is 10.1 Å². The van der Waals surface area contributed by atoms with Crippen molar-refractivity contribution in [3.05, 3.63) is 58.3 Å². The van der Waals surface area contributed by atoms with Crippen LogP contribution >= 0.6 is 11.3 Å². The van der Waals surface area contributed by atoms with Crippen LogP contribution in [0.25, 0.3) is 0 Å². The monoisotopic (exact) mass is 344 g/mol. The van der Waals surface area contributed by atoms with Gasteiger partial charge in [0.15, 0.2) is 0 Å². The zero-order valence-electron chi connectivity index (χ0n) is 14.1. The summed E-state index contributed by atoms with van der Waals surface area (Å²) < 4.78 is 5.74. The average Bonchev–Trinajstić information content (AvgIpc) is 3.06. The molecule has 4 nitrogen and oxygen atoms in total. The number of morpholine rings is 1. The summed E-state index contributed by atoms with van der Waals surface area (Å²) in [6, 6.07) is 14.1. The molecule has 0 aliphatic carbocycles. The average molecular weight is 344 g/mol. The zero-order chi connectivity index (χ0) is 16.9. The van der Waals surface area contributed by atoms with E-state index in [2.05, 4.69) is 42.3 Å². The van der Waals surface area contributed by atoms with Crippen LogP contribution in [-0.2, 0) is 9.53 Å². The normalized spacial score (nSPS) is 22.9. The highest BCUT2D eigenvalue weighted by atomic mass is 32.1. The molecule has 1 aliphatic heterocycles. The Hall–Kier alpha value is -1.69. The summed E-state index contributed by atoms with van der Waals surface area (Å²) in [5, 5.41) is 5.25. The molecule has 1 aliphatic rings. The number of benzene rings is 1. The Morgan fingerprint density at radius 2 is 1.92 bits per heavy atom. The molecule has 1 aromatic carbocycles. The lowest BCUT2D eigenvalue weighted by atomic mass is 10.1. The molecule has 0 unspecified atom stereocenters. The third-order valence-electron chi connectivity index (χ3n) is 4.13. The maximum atomic E-state index is 12.6. The van der Waals surface area contributed by atoms with Crippen LogP contribution in [0.1, 0.15) is 30.3 Å². The first-order valence-corrected chi connectivity index (χ1v) is 9.25. The number of carbonyl (C=O) groups excluding carboxylic acids is 1. The molecule has 2 heterocycles. The van der Waals surface area contributed by atoms with Crippen LogP contribution < -0.4 is 5.32 Å². The standard InChI is InChI=1S/C19H24N2O2S/c1-14-11-21(12-15(2)23-14)13-18(22)20-19(17-9-6-10-24-17)16-7-4-3-5-8-16/h3-10,14-15,19H,11-13H2,1-2H3,(H,20,22)/t14-,15-,19-/m1/s1. The summed E-state index contributed by atoms with van der Waals surface area (Å²) in [6.45, 7) is 6.12. The molecule has 1 N–H and O–H groups in total. The van der Waals surface area contributed by atoms with Gasteiger partial charge >= 0.3 is 0 Å². The van der Waals surface area contributed by atoms with Crippen molar-refractivity contribution >= 4 is 17.2 Å². The van der Waals surface area contributed by atoms with Crippen LogP contribution in [0.15, 0.2) is 47.8 Å². The zero-order valence-corrected chi connectivity index (χ0v) is 15.0. The number of nitrogens with zero attached hydrogens (tertiary/aromatic N) is 1. The van der Waals surface area contributed by atoms with Crippen molar-refractivity contribution in [2.24, 2.45) is 0 Å². The predicted octanol–water partition coefficient (Wildman–Crippen LogP) is 3.06. The minimum atomic E-state index is -0.0883. The van der Waals surface area contributed by atoms with Gasteiger partial charge in [0.05, 0.1) is 24.8 Å². The molecule has 128 valence electrons. The molecule has 3 rings (SSSR count). The van der Waals surface area contributed by atoms with Gasteiger partial charge in [-0.05, 0) is 30.9 Å². The van der Waals surface area contributed by atoms with Crippen molar-refractivity contribution in [3.63, 3.8) is 0 Å². The Balaban J connectivity index is 1.68. The fourth-order valence-corrected chi connectivity index (χ4v) is 4.05. The van der Waals surface area contributed by atoms with Gasteiger partial charge in [-0.1, -0.05) is 36.4 Å². The van der Waals surface area contributed by atoms with E-state index in [0.717, 1.165) is 23.5 Å². The molecule has 0 bridgehead atoms. The summed E-state index contributed by atoms with van der Waals surface area (Å²) in [7, 11) is 0. The first-order valence-electron chi connectivity index (χ1n) is 8.37. The van der Waals surface area contributed by atoms with E-state index in [1.54, 1.807) is 11.3 Å². The van der Waals surface area contributed by atoms with E-state index in [-0.39, 0.29) is 24.2 Å². The Morgan fingerprint density at radius 3 is 2.54 bits per heavy atom. The van der Waals surface area contributed by atoms with Gasteiger partial charge in [0.2, 0.25) is 5.91 Å². The van der Waals surface area contributed by atoms with Crippen LogP contribution in [0.4, 0.5) is 0 Å². The molecular formula is C19H24N2O2S. The third kappa shape index (κ3) is 4.44. The van der Waals surface area contributed by atoms with E-state index in [1.807, 2.05) is 29.6 Å². The first kappa shape index (κ1) is 17.1. The van der Waals surface area contributed by atoms with E-state index < -0.39 is 0 Å². The van der Waals surface area contributed by atoms with Crippen molar-refractivity contribution in [1.29, 1.82) is 0 Å². The molecule has 3 atom stereocenters. The van der Waals surface area contributed by atoms with Gasteiger partial charge in [0.25, 0.3) is 0 Å². The topological polar surface area (TPSA) is 41.6 Å². The van der Waals surface area contributed by atoms with Gasteiger partial charge in [0.1, 0.15) is 0 Å². The van der Waals surface area contributed by atoms with Crippen LogP contribution in [0, 0.1) is 0 Å². The molecule has 2 aromatic rings. The Bertz CT molecular complexity index is 635. The maximum absolute atomic E-state index is 12.6. The lowest BCUT2D eigenvalue weighted by Gasteiger charge is -2.35. The molecule has 0 radical (unpaired) electrons. The molecule has 1 amide bonds. The Kier molecular flexibility index (Phi) is 5.66. The van der Waals surface area contributed by atoms with E-state index in [9.17, 15) is 4.79 Å². The van der Waals surface area contributed by atoms with E-state index in [4.69, 9.17) is 4.74 Å². The fourth-order valence-electron chi connectivity index (χ4n) is 3.24. The van der Waals surface area contributed by atoms with E-state index in [0.29, 0.717) is 6.54 Å². The quantitative estimate of drug-likeness (QED) is 0.906. The highest BCUT2D eigenvalue weighted by molar-refractivity contribution is 7.10. The van der Waals surface area contributed by atoms with Gasteiger partial charge in [-0.3, -0.25) is 9.69 Å². The number of nitrogens with one attached hydrogen (secondary N) is 1. The number of hydrogen-bond acceptors (Lipinski definition) is 4. The van der Waals surface area contributed by atoms with E-state index in [1.165, 1.54) is 0 Å². The van der Waals surface area contributed by atoms with Gasteiger partial charge in [-0.15, -0.1) is 11.3 Å². The second kappa shape index (κ2) is 7.92. The summed E-state index contributed by atoms with van der Waals surface area (Å²) in [6.07, 6.45) is 0.340. The van der Waals surface area contributed by atoms with Crippen LogP contribution in [0.2, 0.25) is 0 Å². The fraction of sp³-hybridized carbons (Fsp3) is 0.421. The van der Waals surface area contributed by atoms with Crippen molar-refractivity contribution in [2.45, 2.75) is 32.1 Å². The second-order valence-electron chi connectivity index (χ2n) is 6.38. The molecule has 1 fully saturated rings. The molecule has 24 heavy (non-hydrogen) atoms. The minimum Gasteiger partial charge on any atom is -0.373 e. The maximum Gasteiger partial charge on any atom is 0.234 e. The van der Waals surface area contributed by atoms with Crippen LogP contribution in [-0.4, -0.2) is 42.6 Å². The van der Waals surface area contributed by atoms with Crippen molar-refractivity contribution in [2.75, 3.05) is 19.6 Å².